The summed E-state index contributed by atoms with van der Waals surface area (Å²) < 4.78 is 2.22. The van der Waals surface area contributed by atoms with Crippen molar-refractivity contribution in [2.24, 2.45) is 10.9 Å². The van der Waals surface area contributed by atoms with Crippen molar-refractivity contribution in [2.45, 2.75) is 39.8 Å². The molecule has 0 aliphatic carbocycles. The second-order valence-electron chi connectivity index (χ2n) is 6.49. The Morgan fingerprint density at radius 1 is 1.30 bits per heavy atom. The van der Waals surface area contributed by atoms with Gasteiger partial charge in [-0.1, -0.05) is 29.3 Å². The molecule has 0 amide bonds. The molecular weight excluding hydrogens is 498 g/mol. The van der Waals surface area contributed by atoms with Gasteiger partial charge in [0.25, 0.3) is 0 Å². The molecule has 1 aliphatic rings. The lowest BCUT2D eigenvalue weighted by Gasteiger charge is -2.25. The van der Waals surface area contributed by atoms with Crippen molar-refractivity contribution in [1.29, 1.82) is 0 Å². The van der Waals surface area contributed by atoms with Gasteiger partial charge in [0, 0.05) is 36.1 Å². The van der Waals surface area contributed by atoms with E-state index < -0.39 is 0 Å². The molecule has 1 atom stereocenters. The SMILES string of the molecule is CCNC(=NCc1ccc(Cl)cc1Cl)NCC1CCc2nnc(C)n2C1.I. The van der Waals surface area contributed by atoms with Crippen LogP contribution in [0, 0.1) is 12.8 Å². The Morgan fingerprint density at radius 3 is 2.85 bits per heavy atom. The average Bonchev–Trinajstić information content (AvgIpc) is 2.99. The van der Waals surface area contributed by atoms with Gasteiger partial charge in [0.15, 0.2) is 5.96 Å². The van der Waals surface area contributed by atoms with Crippen molar-refractivity contribution in [3.05, 3.63) is 45.5 Å². The topological polar surface area (TPSA) is 67.1 Å². The molecule has 2 N–H and O–H groups in total. The van der Waals surface area contributed by atoms with E-state index in [0.717, 1.165) is 55.6 Å². The first-order valence-corrected chi connectivity index (χ1v) is 9.67. The molecule has 2 aromatic rings. The van der Waals surface area contributed by atoms with Crippen LogP contribution in [-0.4, -0.2) is 33.8 Å². The van der Waals surface area contributed by atoms with Crippen LogP contribution >= 0.6 is 47.2 Å². The Kier molecular flexibility index (Phi) is 8.62. The fourth-order valence-corrected chi connectivity index (χ4v) is 3.56. The van der Waals surface area contributed by atoms with Gasteiger partial charge in [-0.15, -0.1) is 34.2 Å². The lowest BCUT2D eigenvalue weighted by molar-refractivity contribution is 0.358. The fraction of sp³-hybridized carbons (Fsp3) is 0.500. The summed E-state index contributed by atoms with van der Waals surface area (Å²) >= 11 is 12.2. The number of nitrogens with zero attached hydrogens (tertiary/aromatic N) is 4. The van der Waals surface area contributed by atoms with Gasteiger partial charge < -0.3 is 15.2 Å². The highest BCUT2D eigenvalue weighted by atomic mass is 127. The molecule has 2 heterocycles. The van der Waals surface area contributed by atoms with Crippen LogP contribution in [-0.2, 0) is 19.5 Å². The molecule has 0 bridgehead atoms. The molecule has 1 aromatic heterocycles. The van der Waals surface area contributed by atoms with Gasteiger partial charge in [-0.3, -0.25) is 0 Å². The number of halogens is 3. The third-order valence-electron chi connectivity index (χ3n) is 4.55. The molecule has 0 spiro atoms. The van der Waals surface area contributed by atoms with Crippen LogP contribution < -0.4 is 10.6 Å². The number of hydrogen-bond donors (Lipinski definition) is 2. The summed E-state index contributed by atoms with van der Waals surface area (Å²) in [5.41, 5.74) is 0.954. The molecular formula is C18H25Cl2IN6. The normalized spacial score (nSPS) is 16.4. The van der Waals surface area contributed by atoms with Gasteiger partial charge in [-0.05, 0) is 43.9 Å². The van der Waals surface area contributed by atoms with E-state index in [0.29, 0.717) is 22.5 Å². The maximum absolute atomic E-state index is 6.23. The molecule has 9 heteroatoms. The minimum Gasteiger partial charge on any atom is -0.357 e. The van der Waals surface area contributed by atoms with E-state index in [2.05, 4.69) is 37.3 Å². The van der Waals surface area contributed by atoms with E-state index in [1.807, 2.05) is 19.1 Å². The van der Waals surface area contributed by atoms with Crippen molar-refractivity contribution in [1.82, 2.24) is 25.4 Å². The molecule has 148 valence electrons. The highest BCUT2D eigenvalue weighted by Crippen LogP contribution is 2.22. The van der Waals surface area contributed by atoms with Gasteiger partial charge in [0.05, 0.1) is 6.54 Å². The van der Waals surface area contributed by atoms with Crippen LogP contribution in [0.5, 0.6) is 0 Å². The van der Waals surface area contributed by atoms with Crippen LogP contribution in [0.15, 0.2) is 23.2 Å². The number of aliphatic imine (C=N–C) groups is 1. The van der Waals surface area contributed by atoms with E-state index >= 15 is 0 Å². The monoisotopic (exact) mass is 522 g/mol. The third kappa shape index (κ3) is 5.96. The first kappa shape index (κ1) is 22.2. The van der Waals surface area contributed by atoms with Gasteiger partial charge in [-0.2, -0.15) is 0 Å². The van der Waals surface area contributed by atoms with Crippen LogP contribution in [0.3, 0.4) is 0 Å². The Bertz CT molecular complexity index is 792. The zero-order valence-corrected chi connectivity index (χ0v) is 19.3. The Labute approximate surface area is 187 Å². The second-order valence-corrected chi connectivity index (χ2v) is 7.33. The predicted octanol–water partition coefficient (Wildman–Crippen LogP) is 3.83. The summed E-state index contributed by atoms with van der Waals surface area (Å²) in [6, 6.07) is 5.49. The molecule has 0 fully saturated rings. The Balaban J connectivity index is 0.00000261. The number of rotatable bonds is 5. The number of fused-ring (bicyclic) bond motifs is 1. The minimum atomic E-state index is 0. The number of benzene rings is 1. The number of aryl methyl sites for hydroxylation is 2. The lowest BCUT2D eigenvalue weighted by atomic mass is 9.99. The molecule has 3 rings (SSSR count). The van der Waals surface area contributed by atoms with Gasteiger partial charge in [0.1, 0.15) is 11.6 Å². The van der Waals surface area contributed by atoms with E-state index in [4.69, 9.17) is 23.2 Å². The molecule has 0 saturated carbocycles. The summed E-state index contributed by atoms with van der Waals surface area (Å²) in [7, 11) is 0. The van der Waals surface area contributed by atoms with Crippen LogP contribution in [0.2, 0.25) is 10.0 Å². The molecule has 0 saturated heterocycles. The van der Waals surface area contributed by atoms with E-state index in [9.17, 15) is 0 Å². The van der Waals surface area contributed by atoms with Gasteiger partial charge in [0.2, 0.25) is 0 Å². The van der Waals surface area contributed by atoms with E-state index in [-0.39, 0.29) is 24.0 Å². The summed E-state index contributed by atoms with van der Waals surface area (Å²) in [6.07, 6.45) is 2.08. The highest BCUT2D eigenvalue weighted by Gasteiger charge is 2.21. The zero-order chi connectivity index (χ0) is 18.5. The number of guanidine groups is 1. The Morgan fingerprint density at radius 2 is 2.11 bits per heavy atom. The largest absolute Gasteiger partial charge is 0.357 e. The summed E-state index contributed by atoms with van der Waals surface area (Å²) in [5, 5.41) is 16.4. The molecule has 27 heavy (non-hydrogen) atoms. The molecule has 6 nitrogen and oxygen atoms in total. The van der Waals surface area contributed by atoms with Crippen molar-refractivity contribution in [3.63, 3.8) is 0 Å². The van der Waals surface area contributed by atoms with Crippen LogP contribution in [0.25, 0.3) is 0 Å². The van der Waals surface area contributed by atoms with E-state index in [1.54, 1.807) is 6.07 Å². The smallest absolute Gasteiger partial charge is 0.191 e. The van der Waals surface area contributed by atoms with Crippen molar-refractivity contribution < 1.29 is 0 Å². The van der Waals surface area contributed by atoms with Gasteiger partial charge >= 0.3 is 0 Å². The fourth-order valence-electron chi connectivity index (χ4n) is 3.09. The lowest BCUT2D eigenvalue weighted by Crippen LogP contribution is -2.41. The predicted molar refractivity (Wildman–Crippen MR) is 121 cm³/mol. The maximum atomic E-state index is 6.23. The molecule has 1 unspecified atom stereocenters. The third-order valence-corrected chi connectivity index (χ3v) is 5.14. The van der Waals surface area contributed by atoms with Crippen LogP contribution in [0.1, 0.15) is 30.6 Å². The van der Waals surface area contributed by atoms with Crippen molar-refractivity contribution >= 4 is 53.1 Å². The Hall–Kier alpha value is -1.06. The second kappa shape index (κ2) is 10.5. The molecule has 1 aromatic carbocycles. The quantitative estimate of drug-likeness (QED) is 0.356. The van der Waals surface area contributed by atoms with Crippen LogP contribution in [0.4, 0.5) is 0 Å². The maximum Gasteiger partial charge on any atom is 0.191 e. The highest BCUT2D eigenvalue weighted by molar-refractivity contribution is 14.0. The van der Waals surface area contributed by atoms with E-state index in [1.165, 1.54) is 0 Å². The first-order valence-electron chi connectivity index (χ1n) is 8.91. The minimum absolute atomic E-state index is 0. The van der Waals surface area contributed by atoms with Crippen molar-refractivity contribution in [3.8, 4) is 0 Å². The number of aromatic nitrogens is 3. The molecule has 0 radical (unpaired) electrons. The van der Waals surface area contributed by atoms with Gasteiger partial charge in [-0.25, -0.2) is 4.99 Å². The first-order chi connectivity index (χ1) is 12.6. The number of nitrogens with one attached hydrogen (secondary N) is 2. The van der Waals surface area contributed by atoms with Crippen molar-refractivity contribution in [2.75, 3.05) is 13.1 Å². The zero-order valence-electron chi connectivity index (χ0n) is 15.5. The summed E-state index contributed by atoms with van der Waals surface area (Å²) in [4.78, 5) is 4.65. The summed E-state index contributed by atoms with van der Waals surface area (Å²) in [6.45, 7) is 7.18. The standard InChI is InChI=1S/C18H24Cl2N6.HI/c1-3-21-18(23-10-14-5-6-15(19)8-16(14)20)22-9-13-4-7-17-25-24-12(2)26(17)11-13;/h5-6,8,13H,3-4,7,9-11H2,1-2H3,(H2,21,22,23);1H. The number of hydrogen-bond acceptors (Lipinski definition) is 3. The average molecular weight is 523 g/mol. The molecule has 1 aliphatic heterocycles. The summed E-state index contributed by atoms with van der Waals surface area (Å²) in [5.74, 6) is 3.41.